The summed E-state index contributed by atoms with van der Waals surface area (Å²) in [6, 6.07) is 19.5. The van der Waals surface area contributed by atoms with E-state index in [1.165, 1.54) is 0 Å². The largest absolute Gasteiger partial charge is 0.457 e. The molecule has 162 valence electrons. The number of nitrogens with zero attached hydrogens (tertiary/aromatic N) is 1. The van der Waals surface area contributed by atoms with E-state index in [2.05, 4.69) is 15.6 Å². The van der Waals surface area contributed by atoms with Crippen molar-refractivity contribution in [3.8, 4) is 0 Å². The number of aromatic nitrogens is 1. The Morgan fingerprint density at radius 1 is 1.00 bits per heavy atom. The number of ether oxygens (including phenoxy) is 1. The van der Waals surface area contributed by atoms with Crippen LogP contribution in [0.2, 0.25) is 5.02 Å². The molecule has 0 spiro atoms. The number of rotatable bonds is 7. The van der Waals surface area contributed by atoms with Crippen LogP contribution in [0.25, 0.3) is 0 Å². The third kappa shape index (κ3) is 5.34. The zero-order chi connectivity index (χ0) is 22.3. The Morgan fingerprint density at radius 2 is 1.81 bits per heavy atom. The molecule has 0 bridgehead atoms. The molecule has 3 aromatic rings. The third-order valence-corrected chi connectivity index (χ3v) is 5.39. The number of benzene rings is 2. The van der Waals surface area contributed by atoms with Crippen molar-refractivity contribution in [1.29, 1.82) is 0 Å². The molecule has 6 nitrogen and oxygen atoms in total. The van der Waals surface area contributed by atoms with Crippen LogP contribution in [-0.4, -0.2) is 17.0 Å². The first-order valence-electron chi connectivity index (χ1n) is 10.3. The van der Waals surface area contributed by atoms with Crippen LogP contribution >= 0.6 is 11.6 Å². The van der Waals surface area contributed by atoms with Gasteiger partial charge in [0, 0.05) is 23.1 Å². The van der Waals surface area contributed by atoms with Crippen LogP contribution < -0.4 is 10.6 Å². The van der Waals surface area contributed by atoms with E-state index in [-0.39, 0.29) is 12.6 Å². The van der Waals surface area contributed by atoms with E-state index in [9.17, 15) is 9.59 Å². The highest BCUT2D eigenvalue weighted by molar-refractivity contribution is 6.30. The Morgan fingerprint density at radius 3 is 2.56 bits per heavy atom. The number of halogens is 1. The summed E-state index contributed by atoms with van der Waals surface area (Å²) in [5.41, 5.74) is 3.49. The molecule has 7 heteroatoms. The summed E-state index contributed by atoms with van der Waals surface area (Å²) in [6.07, 6.45) is 4.32. The summed E-state index contributed by atoms with van der Waals surface area (Å²) in [5.74, 6) is -0.490. The van der Waals surface area contributed by atoms with Gasteiger partial charge in [-0.2, -0.15) is 0 Å². The van der Waals surface area contributed by atoms with Gasteiger partial charge in [-0.1, -0.05) is 60.1 Å². The van der Waals surface area contributed by atoms with Crippen molar-refractivity contribution in [2.24, 2.45) is 0 Å². The first-order valence-corrected chi connectivity index (χ1v) is 10.6. The van der Waals surface area contributed by atoms with E-state index in [4.69, 9.17) is 16.3 Å². The maximum atomic E-state index is 13.2. The van der Waals surface area contributed by atoms with Gasteiger partial charge in [-0.25, -0.2) is 9.59 Å². The van der Waals surface area contributed by atoms with Gasteiger partial charge in [-0.3, -0.25) is 4.98 Å². The molecule has 2 aromatic carbocycles. The number of aryl methyl sites for hydroxylation is 1. The van der Waals surface area contributed by atoms with E-state index < -0.39 is 12.0 Å². The van der Waals surface area contributed by atoms with Crippen molar-refractivity contribution in [1.82, 2.24) is 15.6 Å². The molecule has 1 unspecified atom stereocenters. The zero-order valence-corrected chi connectivity index (χ0v) is 18.0. The summed E-state index contributed by atoms with van der Waals surface area (Å²) >= 11 is 6.10. The van der Waals surface area contributed by atoms with Crippen LogP contribution in [0.4, 0.5) is 4.79 Å². The molecule has 4 rings (SSSR count). The van der Waals surface area contributed by atoms with Crippen molar-refractivity contribution < 1.29 is 14.3 Å². The van der Waals surface area contributed by atoms with E-state index in [1.807, 2.05) is 54.6 Å². The molecule has 0 radical (unpaired) electrons. The number of esters is 1. The molecular formula is C25H22ClN3O3. The second kappa shape index (κ2) is 10.1. The molecule has 0 saturated carbocycles. The highest BCUT2D eigenvalue weighted by Crippen LogP contribution is 2.29. The minimum atomic E-state index is -0.657. The lowest BCUT2D eigenvalue weighted by Gasteiger charge is -2.29. The van der Waals surface area contributed by atoms with Crippen molar-refractivity contribution in [3.05, 3.63) is 112 Å². The summed E-state index contributed by atoms with van der Waals surface area (Å²) in [7, 11) is 0. The van der Waals surface area contributed by atoms with Gasteiger partial charge in [0.25, 0.3) is 0 Å². The number of amides is 2. The molecule has 2 heterocycles. The molecule has 2 N–H and O–H groups in total. The molecule has 1 aromatic heterocycles. The smallest absolute Gasteiger partial charge is 0.338 e. The first kappa shape index (κ1) is 21.6. The average Bonchev–Trinajstić information content (AvgIpc) is 2.82. The fourth-order valence-electron chi connectivity index (χ4n) is 3.62. The van der Waals surface area contributed by atoms with Crippen LogP contribution in [-0.2, 0) is 22.6 Å². The Kier molecular flexibility index (Phi) is 6.82. The Balaban J connectivity index is 1.64. The maximum Gasteiger partial charge on any atom is 0.338 e. The number of urea groups is 1. The number of hydrogen-bond acceptors (Lipinski definition) is 4. The lowest BCUT2D eigenvalue weighted by Crippen LogP contribution is -2.46. The predicted octanol–water partition coefficient (Wildman–Crippen LogP) is 4.72. The van der Waals surface area contributed by atoms with Crippen molar-refractivity contribution in [2.45, 2.75) is 25.5 Å². The van der Waals surface area contributed by atoms with Crippen molar-refractivity contribution in [3.63, 3.8) is 0 Å². The number of carbonyl (C=O) groups excluding carboxylic acids is 2. The number of carbonyl (C=O) groups is 2. The molecule has 2 amide bonds. The second-order valence-corrected chi connectivity index (χ2v) is 7.84. The molecule has 1 aliphatic heterocycles. The maximum absolute atomic E-state index is 13.2. The van der Waals surface area contributed by atoms with Gasteiger partial charge in [0.2, 0.25) is 0 Å². The first-order chi connectivity index (χ1) is 15.6. The molecule has 0 saturated heterocycles. The second-order valence-electron chi connectivity index (χ2n) is 7.40. The molecule has 0 fully saturated rings. The summed E-state index contributed by atoms with van der Waals surface area (Å²) in [4.78, 5) is 29.8. The minimum Gasteiger partial charge on any atom is -0.457 e. The zero-order valence-electron chi connectivity index (χ0n) is 17.3. The standard InChI is InChI=1S/C25H22ClN3O3/c26-20-10-4-8-17(14-20)11-12-21-22(24(30)32-16-18-6-2-1-3-7-18)23(29-25(31)28-21)19-9-5-13-27-15-19/h1-10,13-15,23H,11-12,16H2,(H2,28,29,31). The van der Waals surface area contributed by atoms with E-state index in [0.29, 0.717) is 34.7 Å². The Bertz CT molecular complexity index is 1130. The lowest BCUT2D eigenvalue weighted by molar-refractivity contribution is -0.140. The number of nitrogens with one attached hydrogen (secondary N) is 2. The van der Waals surface area contributed by atoms with Gasteiger partial charge < -0.3 is 15.4 Å². The van der Waals surface area contributed by atoms with E-state index >= 15 is 0 Å². The normalized spacial score (nSPS) is 15.7. The monoisotopic (exact) mass is 447 g/mol. The molecule has 32 heavy (non-hydrogen) atoms. The van der Waals surface area contributed by atoms with E-state index in [0.717, 1.165) is 11.1 Å². The van der Waals surface area contributed by atoms with Gasteiger partial charge in [0.05, 0.1) is 11.6 Å². The van der Waals surface area contributed by atoms with Crippen LogP contribution in [0.1, 0.15) is 29.2 Å². The van der Waals surface area contributed by atoms with Gasteiger partial charge in [-0.05, 0) is 47.7 Å². The summed E-state index contributed by atoms with van der Waals surface area (Å²) in [6.45, 7) is 0.137. The molecular weight excluding hydrogens is 426 g/mol. The Hall–Kier alpha value is -3.64. The number of hydrogen-bond donors (Lipinski definition) is 2. The van der Waals surface area contributed by atoms with Gasteiger partial charge in [-0.15, -0.1) is 0 Å². The number of allylic oxidation sites excluding steroid dienone is 1. The van der Waals surface area contributed by atoms with Crippen molar-refractivity contribution >= 4 is 23.6 Å². The number of pyridine rings is 1. The van der Waals surface area contributed by atoms with Gasteiger partial charge in [0.15, 0.2) is 0 Å². The third-order valence-electron chi connectivity index (χ3n) is 5.16. The van der Waals surface area contributed by atoms with Crippen LogP contribution in [0, 0.1) is 0 Å². The quantitative estimate of drug-likeness (QED) is 0.513. The highest BCUT2D eigenvalue weighted by atomic mass is 35.5. The van der Waals surface area contributed by atoms with Crippen LogP contribution in [0.15, 0.2) is 90.4 Å². The van der Waals surface area contributed by atoms with Gasteiger partial charge in [0.1, 0.15) is 6.61 Å². The highest BCUT2D eigenvalue weighted by Gasteiger charge is 2.33. The Labute approximate surface area is 191 Å². The average molecular weight is 448 g/mol. The SMILES string of the molecule is O=C1NC(CCc2cccc(Cl)c2)=C(C(=O)OCc2ccccc2)C(c2cccnc2)N1. The lowest BCUT2D eigenvalue weighted by atomic mass is 9.94. The predicted molar refractivity (Wildman–Crippen MR) is 122 cm³/mol. The fraction of sp³-hybridized carbons (Fsp3) is 0.160. The summed E-state index contributed by atoms with van der Waals surface area (Å²) < 4.78 is 5.63. The summed E-state index contributed by atoms with van der Waals surface area (Å²) in [5, 5.41) is 6.28. The van der Waals surface area contributed by atoms with E-state index in [1.54, 1.807) is 24.5 Å². The fourth-order valence-corrected chi connectivity index (χ4v) is 3.83. The van der Waals surface area contributed by atoms with Gasteiger partial charge >= 0.3 is 12.0 Å². The topological polar surface area (TPSA) is 80.3 Å². The molecule has 1 aliphatic rings. The van der Waals surface area contributed by atoms with Crippen molar-refractivity contribution in [2.75, 3.05) is 0 Å². The minimum absolute atomic E-state index is 0.137. The van der Waals surface area contributed by atoms with Crippen LogP contribution in [0.3, 0.4) is 0 Å². The molecule has 0 aliphatic carbocycles. The molecule has 1 atom stereocenters. The van der Waals surface area contributed by atoms with Crippen LogP contribution in [0.5, 0.6) is 0 Å².